The van der Waals surface area contributed by atoms with Gasteiger partial charge < -0.3 is 14.4 Å². The molecule has 2 heterocycles. The molecule has 1 aromatic carbocycles. The number of hydrogen-bond acceptors (Lipinski definition) is 4. The Labute approximate surface area is 160 Å². The fraction of sp³-hybridized carbons (Fsp3) is 0.588. The fourth-order valence-corrected chi connectivity index (χ4v) is 3.65. The number of halogens is 3. The van der Waals surface area contributed by atoms with Gasteiger partial charge in [0.2, 0.25) is 0 Å². The topological polar surface area (TPSA) is 42.0 Å². The van der Waals surface area contributed by atoms with E-state index < -0.39 is 5.60 Å². The van der Waals surface area contributed by atoms with Gasteiger partial charge in [0.05, 0.1) is 11.1 Å². The number of carbonyl (C=O) groups excluding carboxylic acids is 1. The molecule has 1 saturated heterocycles. The number of fused-ring (bicyclic) bond motifs is 2. The minimum Gasteiger partial charge on any atom is -0.490 e. The third kappa shape index (κ3) is 4.04. The second kappa shape index (κ2) is 6.93. The van der Waals surface area contributed by atoms with E-state index in [1.165, 1.54) is 6.07 Å². The summed E-state index contributed by atoms with van der Waals surface area (Å²) in [6.07, 6.45) is -0.333. The maximum Gasteiger partial charge on any atom is 0.410 e. The number of nitrogens with zero attached hydrogens (tertiary/aromatic N) is 2. The quantitative estimate of drug-likeness (QED) is 0.577. The van der Waals surface area contributed by atoms with Gasteiger partial charge in [-0.25, -0.2) is 9.18 Å². The van der Waals surface area contributed by atoms with Crippen LogP contribution in [0.5, 0.6) is 5.75 Å². The Morgan fingerprint density at radius 2 is 2.16 bits per heavy atom. The molecule has 138 valence electrons. The molecule has 0 saturated carbocycles. The van der Waals surface area contributed by atoms with Crippen molar-refractivity contribution in [2.24, 2.45) is 0 Å². The molecule has 1 amide bonds. The van der Waals surface area contributed by atoms with E-state index >= 15 is 0 Å². The van der Waals surface area contributed by atoms with Crippen LogP contribution in [-0.4, -0.2) is 53.8 Å². The fourth-order valence-electron chi connectivity index (χ4n) is 3.04. The molecule has 0 bridgehead atoms. The molecular formula is C17H21BrClFN2O3. The molecule has 2 aliphatic rings. The molecule has 5 nitrogen and oxygen atoms in total. The summed E-state index contributed by atoms with van der Waals surface area (Å²) in [4.78, 5) is 16.1. The van der Waals surface area contributed by atoms with Gasteiger partial charge in [-0.3, -0.25) is 4.90 Å². The first-order valence-electron chi connectivity index (χ1n) is 8.17. The van der Waals surface area contributed by atoms with Crippen molar-refractivity contribution in [1.29, 1.82) is 0 Å². The van der Waals surface area contributed by atoms with Crippen LogP contribution in [0.2, 0.25) is 5.02 Å². The lowest BCUT2D eigenvalue weighted by molar-refractivity contribution is -0.00164. The summed E-state index contributed by atoms with van der Waals surface area (Å²) in [5.41, 5.74) is -0.0747. The summed E-state index contributed by atoms with van der Waals surface area (Å²) in [5.74, 6) is 0.0354. The summed E-state index contributed by atoms with van der Waals surface area (Å²) in [6.45, 7) is 7.90. The first-order chi connectivity index (χ1) is 11.7. The molecule has 8 heteroatoms. The Morgan fingerprint density at radius 1 is 1.44 bits per heavy atom. The zero-order valence-corrected chi connectivity index (χ0v) is 16.8. The van der Waals surface area contributed by atoms with Gasteiger partial charge in [-0.05, 0) is 42.8 Å². The summed E-state index contributed by atoms with van der Waals surface area (Å²) in [5, 5.41) is 0.375. The minimum atomic E-state index is -0.534. The molecule has 0 spiro atoms. The highest BCUT2D eigenvalue weighted by atomic mass is 79.9. The first kappa shape index (κ1) is 18.7. The van der Waals surface area contributed by atoms with Crippen molar-refractivity contribution in [1.82, 2.24) is 9.80 Å². The van der Waals surface area contributed by atoms with Crippen LogP contribution in [-0.2, 0) is 11.3 Å². The van der Waals surface area contributed by atoms with Gasteiger partial charge in [-0.1, -0.05) is 11.6 Å². The number of ether oxygens (including phenoxy) is 2. The van der Waals surface area contributed by atoms with Crippen LogP contribution in [0.1, 0.15) is 26.3 Å². The molecule has 3 rings (SSSR count). The molecule has 0 aromatic heterocycles. The Balaban J connectivity index is 1.76. The molecule has 1 atom stereocenters. The van der Waals surface area contributed by atoms with Gasteiger partial charge in [0.1, 0.15) is 23.8 Å². The van der Waals surface area contributed by atoms with Crippen molar-refractivity contribution in [2.75, 3.05) is 26.2 Å². The number of hydrogen-bond donors (Lipinski definition) is 0. The Kier molecular flexibility index (Phi) is 5.19. The van der Waals surface area contributed by atoms with Crippen molar-refractivity contribution >= 4 is 33.6 Å². The predicted octanol–water partition coefficient (Wildman–Crippen LogP) is 4.06. The highest BCUT2D eigenvalue weighted by Crippen LogP contribution is 2.40. The zero-order chi connectivity index (χ0) is 18.4. The lowest BCUT2D eigenvalue weighted by Crippen LogP contribution is -2.56. The molecule has 0 radical (unpaired) electrons. The van der Waals surface area contributed by atoms with Crippen LogP contribution >= 0.6 is 27.5 Å². The van der Waals surface area contributed by atoms with Crippen LogP contribution in [0.25, 0.3) is 0 Å². The summed E-state index contributed by atoms with van der Waals surface area (Å²) in [7, 11) is 0. The van der Waals surface area contributed by atoms with Gasteiger partial charge in [0, 0.05) is 36.2 Å². The zero-order valence-electron chi connectivity index (χ0n) is 14.4. The van der Waals surface area contributed by atoms with E-state index in [2.05, 4.69) is 20.8 Å². The molecule has 1 fully saturated rings. The molecule has 0 N–H and O–H groups in total. The summed E-state index contributed by atoms with van der Waals surface area (Å²) >= 11 is 9.51. The van der Waals surface area contributed by atoms with E-state index in [-0.39, 0.29) is 18.0 Å². The molecule has 2 aliphatic heterocycles. The van der Waals surface area contributed by atoms with Crippen molar-refractivity contribution in [2.45, 2.75) is 39.0 Å². The predicted molar refractivity (Wildman–Crippen MR) is 96.6 cm³/mol. The third-order valence-electron chi connectivity index (χ3n) is 4.26. The van der Waals surface area contributed by atoms with Crippen LogP contribution < -0.4 is 4.74 Å². The van der Waals surface area contributed by atoms with E-state index in [1.807, 2.05) is 20.8 Å². The Hall–Kier alpha value is -1.05. The average molecular weight is 436 g/mol. The number of rotatable bonds is 0. The maximum atomic E-state index is 14.4. The van der Waals surface area contributed by atoms with Crippen molar-refractivity contribution < 1.29 is 18.7 Å². The van der Waals surface area contributed by atoms with Gasteiger partial charge in [0.25, 0.3) is 0 Å². The lowest BCUT2D eigenvalue weighted by Gasteiger charge is -2.40. The maximum absolute atomic E-state index is 14.4. The number of amides is 1. The molecule has 0 aliphatic carbocycles. The molecular weight excluding hydrogens is 415 g/mol. The van der Waals surface area contributed by atoms with E-state index in [9.17, 15) is 9.18 Å². The second-order valence-electron chi connectivity index (χ2n) is 7.32. The summed E-state index contributed by atoms with van der Waals surface area (Å²) in [6, 6.07) is 1.32. The van der Waals surface area contributed by atoms with Crippen LogP contribution in [0.3, 0.4) is 0 Å². The van der Waals surface area contributed by atoms with Gasteiger partial charge in [-0.15, -0.1) is 0 Å². The van der Waals surface area contributed by atoms with Gasteiger partial charge >= 0.3 is 6.09 Å². The van der Waals surface area contributed by atoms with E-state index in [1.54, 1.807) is 4.90 Å². The molecule has 0 unspecified atom stereocenters. The van der Waals surface area contributed by atoms with Gasteiger partial charge in [-0.2, -0.15) is 0 Å². The third-order valence-corrected chi connectivity index (χ3v) is 5.49. The Bertz CT molecular complexity index is 695. The van der Waals surface area contributed by atoms with E-state index in [0.29, 0.717) is 53.6 Å². The summed E-state index contributed by atoms with van der Waals surface area (Å²) < 4.78 is 26.1. The van der Waals surface area contributed by atoms with E-state index in [0.717, 1.165) is 0 Å². The highest BCUT2D eigenvalue weighted by molar-refractivity contribution is 9.10. The van der Waals surface area contributed by atoms with Crippen molar-refractivity contribution in [3.05, 3.63) is 26.9 Å². The second-order valence-corrected chi connectivity index (χ2v) is 8.56. The monoisotopic (exact) mass is 434 g/mol. The number of carbonyl (C=O) groups is 1. The SMILES string of the molecule is CC(C)(C)OC(=O)N1CCN2Cc3c(F)cc(Br)c(Cl)c3OC[C@H]2C1. The first-order valence-corrected chi connectivity index (χ1v) is 9.34. The van der Waals surface area contributed by atoms with Crippen LogP contribution in [0.15, 0.2) is 10.5 Å². The van der Waals surface area contributed by atoms with Crippen LogP contribution in [0, 0.1) is 5.82 Å². The normalized spacial score (nSPS) is 21.0. The minimum absolute atomic E-state index is 0.0390. The van der Waals surface area contributed by atoms with Gasteiger partial charge in [0.15, 0.2) is 0 Å². The highest BCUT2D eigenvalue weighted by Gasteiger charge is 2.35. The van der Waals surface area contributed by atoms with Crippen molar-refractivity contribution in [3.63, 3.8) is 0 Å². The Morgan fingerprint density at radius 3 is 2.84 bits per heavy atom. The average Bonchev–Trinajstić information content (AvgIpc) is 2.70. The molecule has 1 aromatic rings. The standard InChI is InChI=1S/C17H21BrClFN2O3/c1-17(2,3)25-16(23)22-5-4-21-8-11-13(20)6-12(18)14(19)15(11)24-9-10(21)7-22/h6,10H,4-5,7-9H2,1-3H3/t10-/m1/s1. The number of benzene rings is 1. The van der Waals surface area contributed by atoms with Crippen LogP contribution in [0.4, 0.5) is 9.18 Å². The lowest BCUT2D eigenvalue weighted by atomic mass is 10.1. The number of piperazine rings is 1. The molecule has 25 heavy (non-hydrogen) atoms. The van der Waals surface area contributed by atoms with Crippen molar-refractivity contribution in [3.8, 4) is 5.75 Å². The largest absolute Gasteiger partial charge is 0.490 e. The smallest absolute Gasteiger partial charge is 0.410 e. The van der Waals surface area contributed by atoms with E-state index in [4.69, 9.17) is 21.1 Å².